The zero-order chi connectivity index (χ0) is 9.97. The van der Waals surface area contributed by atoms with Crippen LogP contribution in [0.25, 0.3) is 5.57 Å². The number of rotatable bonds is 1. The predicted molar refractivity (Wildman–Crippen MR) is 59.2 cm³/mol. The number of benzene rings is 1. The summed E-state index contributed by atoms with van der Waals surface area (Å²) in [6, 6.07) is 8.71. The first-order valence-corrected chi connectivity index (χ1v) is 5.13. The molecular weight excluding hydrogens is 172 g/mol. The largest absolute Gasteiger partial charge is 0.374 e. The summed E-state index contributed by atoms with van der Waals surface area (Å²) >= 11 is 0. The molecule has 0 saturated heterocycles. The Kier molecular flexibility index (Phi) is 2.69. The lowest BCUT2D eigenvalue weighted by Gasteiger charge is -2.20. The molecule has 0 bridgehead atoms. The summed E-state index contributed by atoms with van der Waals surface area (Å²) in [5.41, 5.74) is 4.07. The zero-order valence-electron chi connectivity index (χ0n) is 8.79. The maximum absolute atomic E-state index is 5.48. The molecule has 0 aliphatic carbocycles. The second kappa shape index (κ2) is 3.97. The molecule has 1 aromatic carbocycles. The number of ether oxygens (including phenoxy) is 1. The smallest absolute Gasteiger partial charge is 0.0657 e. The highest BCUT2D eigenvalue weighted by atomic mass is 16.5. The van der Waals surface area contributed by atoms with E-state index in [-0.39, 0.29) is 0 Å². The third-order valence-corrected chi connectivity index (χ3v) is 2.64. The monoisotopic (exact) mass is 188 g/mol. The Morgan fingerprint density at radius 3 is 2.57 bits per heavy atom. The van der Waals surface area contributed by atoms with E-state index in [1.54, 1.807) is 0 Å². The van der Waals surface area contributed by atoms with Crippen molar-refractivity contribution >= 4 is 5.57 Å². The topological polar surface area (TPSA) is 9.23 Å². The van der Waals surface area contributed by atoms with E-state index in [4.69, 9.17) is 4.74 Å². The summed E-state index contributed by atoms with van der Waals surface area (Å²) in [6.07, 6.45) is 3.57. The lowest BCUT2D eigenvalue weighted by molar-refractivity contribution is 0.0851. The van der Waals surface area contributed by atoms with Crippen LogP contribution >= 0.6 is 0 Å². The van der Waals surface area contributed by atoms with Gasteiger partial charge in [0, 0.05) is 0 Å². The fourth-order valence-electron chi connectivity index (χ4n) is 1.77. The fraction of sp³-hybridized carbons (Fsp3) is 0.385. The van der Waals surface area contributed by atoms with Gasteiger partial charge < -0.3 is 4.74 Å². The second-order valence-corrected chi connectivity index (χ2v) is 3.94. The second-order valence-electron chi connectivity index (χ2n) is 3.94. The number of aryl methyl sites for hydroxylation is 1. The average Bonchev–Trinajstić information content (AvgIpc) is 2.19. The van der Waals surface area contributed by atoms with Crippen LogP contribution in [0.15, 0.2) is 30.3 Å². The molecule has 0 amide bonds. The summed E-state index contributed by atoms with van der Waals surface area (Å²) in [5.74, 6) is 0. The van der Waals surface area contributed by atoms with Crippen LogP contribution in [-0.2, 0) is 4.74 Å². The van der Waals surface area contributed by atoms with Crippen LogP contribution in [0.2, 0.25) is 0 Å². The van der Waals surface area contributed by atoms with Gasteiger partial charge in [0.25, 0.3) is 0 Å². The highest BCUT2D eigenvalue weighted by Gasteiger charge is 2.12. The summed E-state index contributed by atoms with van der Waals surface area (Å²) in [7, 11) is 0. The van der Waals surface area contributed by atoms with Crippen molar-refractivity contribution in [1.29, 1.82) is 0 Å². The third kappa shape index (κ3) is 2.05. The van der Waals surface area contributed by atoms with Gasteiger partial charge in [-0.05, 0) is 31.4 Å². The molecule has 1 heteroatoms. The first-order chi connectivity index (χ1) is 6.75. The van der Waals surface area contributed by atoms with Crippen LogP contribution in [0.3, 0.4) is 0 Å². The summed E-state index contributed by atoms with van der Waals surface area (Å²) in [4.78, 5) is 0. The normalized spacial score (nSPS) is 21.9. The van der Waals surface area contributed by atoms with Gasteiger partial charge >= 0.3 is 0 Å². The average molecular weight is 188 g/mol. The lowest BCUT2D eigenvalue weighted by atomic mass is 9.98. The van der Waals surface area contributed by atoms with Crippen LogP contribution in [0.4, 0.5) is 0 Å². The van der Waals surface area contributed by atoms with Gasteiger partial charge in [-0.2, -0.15) is 0 Å². The third-order valence-electron chi connectivity index (χ3n) is 2.64. The molecule has 74 valence electrons. The Labute approximate surface area is 85.4 Å². The molecule has 14 heavy (non-hydrogen) atoms. The predicted octanol–water partition coefficient (Wildman–Crippen LogP) is 3.19. The standard InChI is InChI=1S/C13H16O/c1-10-3-5-12(6-4-10)13-7-8-14-11(2)9-13/h3-7,11H,8-9H2,1-2H3. The van der Waals surface area contributed by atoms with Crippen molar-refractivity contribution in [2.75, 3.05) is 6.61 Å². The van der Waals surface area contributed by atoms with E-state index < -0.39 is 0 Å². The molecule has 1 heterocycles. The van der Waals surface area contributed by atoms with Crippen molar-refractivity contribution in [2.45, 2.75) is 26.4 Å². The quantitative estimate of drug-likeness (QED) is 0.657. The van der Waals surface area contributed by atoms with E-state index in [0.717, 1.165) is 13.0 Å². The molecule has 1 aliphatic heterocycles. The molecule has 1 aliphatic rings. The summed E-state index contributed by atoms with van der Waals surface area (Å²) < 4.78 is 5.48. The minimum Gasteiger partial charge on any atom is -0.374 e. The molecule has 2 rings (SSSR count). The Morgan fingerprint density at radius 2 is 1.93 bits per heavy atom. The van der Waals surface area contributed by atoms with Crippen molar-refractivity contribution < 1.29 is 4.74 Å². The SMILES string of the molecule is Cc1ccc(C2=CCOC(C)C2)cc1. The molecular formula is C13H16O. The first kappa shape index (κ1) is 9.47. The Bertz CT molecular complexity index is 335. The van der Waals surface area contributed by atoms with E-state index in [1.807, 2.05) is 0 Å². The molecule has 1 unspecified atom stereocenters. The van der Waals surface area contributed by atoms with Crippen LogP contribution in [0.5, 0.6) is 0 Å². The van der Waals surface area contributed by atoms with Gasteiger partial charge in [0.1, 0.15) is 0 Å². The van der Waals surface area contributed by atoms with Gasteiger partial charge in [0.15, 0.2) is 0 Å². The van der Waals surface area contributed by atoms with Gasteiger partial charge in [-0.15, -0.1) is 0 Å². The molecule has 0 aromatic heterocycles. The number of hydrogen-bond acceptors (Lipinski definition) is 1. The Balaban J connectivity index is 2.22. The van der Waals surface area contributed by atoms with E-state index in [1.165, 1.54) is 16.7 Å². The van der Waals surface area contributed by atoms with Gasteiger partial charge in [0.05, 0.1) is 12.7 Å². The van der Waals surface area contributed by atoms with Gasteiger partial charge in [-0.25, -0.2) is 0 Å². The van der Waals surface area contributed by atoms with Crippen molar-refractivity contribution in [3.05, 3.63) is 41.5 Å². The van der Waals surface area contributed by atoms with E-state index in [0.29, 0.717) is 6.10 Å². The highest BCUT2D eigenvalue weighted by molar-refractivity contribution is 5.66. The Hall–Kier alpha value is -1.08. The lowest BCUT2D eigenvalue weighted by Crippen LogP contribution is -2.14. The zero-order valence-corrected chi connectivity index (χ0v) is 8.79. The Morgan fingerprint density at radius 1 is 1.21 bits per heavy atom. The van der Waals surface area contributed by atoms with Gasteiger partial charge in [-0.1, -0.05) is 35.9 Å². The maximum atomic E-state index is 5.48. The van der Waals surface area contributed by atoms with E-state index >= 15 is 0 Å². The van der Waals surface area contributed by atoms with Crippen LogP contribution < -0.4 is 0 Å². The molecule has 0 N–H and O–H groups in total. The maximum Gasteiger partial charge on any atom is 0.0657 e. The minimum atomic E-state index is 0.358. The highest BCUT2D eigenvalue weighted by Crippen LogP contribution is 2.24. The molecule has 1 aromatic rings. The van der Waals surface area contributed by atoms with Crippen molar-refractivity contribution in [3.63, 3.8) is 0 Å². The molecule has 1 nitrogen and oxygen atoms in total. The van der Waals surface area contributed by atoms with Gasteiger partial charge in [0.2, 0.25) is 0 Å². The van der Waals surface area contributed by atoms with E-state index in [9.17, 15) is 0 Å². The van der Waals surface area contributed by atoms with Crippen molar-refractivity contribution in [3.8, 4) is 0 Å². The molecule has 0 fully saturated rings. The van der Waals surface area contributed by atoms with Crippen molar-refractivity contribution in [1.82, 2.24) is 0 Å². The van der Waals surface area contributed by atoms with Crippen molar-refractivity contribution in [2.24, 2.45) is 0 Å². The van der Waals surface area contributed by atoms with Crippen LogP contribution in [0.1, 0.15) is 24.5 Å². The van der Waals surface area contributed by atoms with Crippen LogP contribution in [-0.4, -0.2) is 12.7 Å². The minimum absolute atomic E-state index is 0.358. The fourth-order valence-corrected chi connectivity index (χ4v) is 1.77. The van der Waals surface area contributed by atoms with E-state index in [2.05, 4.69) is 44.2 Å². The molecule has 0 spiro atoms. The molecule has 0 saturated carbocycles. The number of hydrogen-bond donors (Lipinski definition) is 0. The van der Waals surface area contributed by atoms with Gasteiger partial charge in [-0.3, -0.25) is 0 Å². The summed E-state index contributed by atoms with van der Waals surface area (Å²) in [6.45, 7) is 5.00. The van der Waals surface area contributed by atoms with Crippen LogP contribution in [0, 0.1) is 6.92 Å². The molecule has 0 radical (unpaired) electrons. The first-order valence-electron chi connectivity index (χ1n) is 5.13. The molecule has 1 atom stereocenters. The summed E-state index contributed by atoms with van der Waals surface area (Å²) in [5, 5.41) is 0.